The minimum absolute atomic E-state index is 0.345. The van der Waals surface area contributed by atoms with Gasteiger partial charge in [-0.25, -0.2) is 0 Å². The van der Waals surface area contributed by atoms with Gasteiger partial charge in [-0.3, -0.25) is 4.79 Å². The predicted octanol–water partition coefficient (Wildman–Crippen LogP) is 0.966. The quantitative estimate of drug-likeness (QED) is 0.734. The molecule has 4 nitrogen and oxygen atoms in total. The molecule has 0 aromatic carbocycles. The van der Waals surface area contributed by atoms with E-state index in [0.717, 1.165) is 52.0 Å². The lowest BCUT2D eigenvalue weighted by Crippen LogP contribution is -2.48. The molecule has 1 heterocycles. The van der Waals surface area contributed by atoms with Crippen LogP contribution in [0.15, 0.2) is 0 Å². The van der Waals surface area contributed by atoms with E-state index in [1.807, 2.05) is 11.8 Å². The molecule has 98 valence electrons. The van der Waals surface area contributed by atoms with Crippen molar-refractivity contribution in [3.05, 3.63) is 0 Å². The van der Waals surface area contributed by atoms with Crippen LogP contribution >= 0.6 is 0 Å². The number of carbonyl (C=O) groups excluding carboxylic acids is 1. The van der Waals surface area contributed by atoms with Crippen LogP contribution in [-0.2, 0) is 9.53 Å². The largest absolute Gasteiger partial charge is 0.378 e. The summed E-state index contributed by atoms with van der Waals surface area (Å²) in [7, 11) is 2.11. The fraction of sp³-hybridized carbons (Fsp3) is 0.923. The van der Waals surface area contributed by atoms with Crippen molar-refractivity contribution in [3.8, 4) is 0 Å². The molecule has 0 radical (unpaired) electrons. The summed E-state index contributed by atoms with van der Waals surface area (Å²) in [6.45, 7) is 6.65. The zero-order valence-electron chi connectivity index (χ0n) is 11.0. The van der Waals surface area contributed by atoms with Gasteiger partial charge in [-0.05, 0) is 32.7 Å². The number of likely N-dealkylation sites (N-methyl/N-ethyl adjacent to an activating group) is 1. The molecule has 17 heavy (non-hydrogen) atoms. The second-order valence-electron chi connectivity index (χ2n) is 5.30. The number of nitrogens with zero attached hydrogens (tertiary/aromatic N) is 2. The van der Waals surface area contributed by atoms with E-state index < -0.39 is 0 Å². The summed E-state index contributed by atoms with van der Waals surface area (Å²) in [5.41, 5.74) is 0. The van der Waals surface area contributed by atoms with E-state index >= 15 is 0 Å². The van der Waals surface area contributed by atoms with Crippen LogP contribution in [0.2, 0.25) is 0 Å². The van der Waals surface area contributed by atoms with Crippen molar-refractivity contribution in [1.29, 1.82) is 0 Å². The zero-order chi connectivity index (χ0) is 12.3. The third kappa shape index (κ3) is 3.42. The Morgan fingerprint density at radius 2 is 1.88 bits per heavy atom. The first kappa shape index (κ1) is 12.8. The van der Waals surface area contributed by atoms with E-state index in [2.05, 4.69) is 11.9 Å². The third-order valence-electron chi connectivity index (χ3n) is 3.91. The van der Waals surface area contributed by atoms with Crippen molar-refractivity contribution >= 4 is 5.91 Å². The van der Waals surface area contributed by atoms with Crippen LogP contribution in [0.1, 0.15) is 26.2 Å². The Labute approximate surface area is 104 Å². The minimum atomic E-state index is 0.345. The van der Waals surface area contributed by atoms with E-state index in [1.54, 1.807) is 0 Å². The number of hydrogen-bond donors (Lipinski definition) is 0. The van der Waals surface area contributed by atoms with Gasteiger partial charge in [-0.1, -0.05) is 0 Å². The third-order valence-corrected chi connectivity index (χ3v) is 3.91. The molecular weight excluding hydrogens is 216 g/mol. The summed E-state index contributed by atoms with van der Waals surface area (Å²) in [5.74, 6) is 0.914. The fourth-order valence-electron chi connectivity index (χ4n) is 2.64. The van der Waals surface area contributed by atoms with Gasteiger partial charge in [0.05, 0.1) is 6.10 Å². The Morgan fingerprint density at radius 1 is 1.24 bits per heavy atom. The average molecular weight is 240 g/mol. The molecule has 0 bridgehead atoms. The highest BCUT2D eigenvalue weighted by atomic mass is 16.5. The van der Waals surface area contributed by atoms with Crippen molar-refractivity contribution in [2.75, 3.05) is 39.8 Å². The van der Waals surface area contributed by atoms with Gasteiger partial charge in [0.25, 0.3) is 0 Å². The van der Waals surface area contributed by atoms with E-state index in [9.17, 15) is 4.79 Å². The number of rotatable bonds is 4. The van der Waals surface area contributed by atoms with Gasteiger partial charge in [0.15, 0.2) is 0 Å². The number of carbonyl (C=O) groups is 1. The molecular formula is C13H24N2O2. The molecule has 0 spiro atoms. The Balaban J connectivity index is 1.65. The highest BCUT2D eigenvalue weighted by Crippen LogP contribution is 2.33. The second-order valence-corrected chi connectivity index (χ2v) is 5.30. The summed E-state index contributed by atoms with van der Waals surface area (Å²) >= 11 is 0. The van der Waals surface area contributed by atoms with Crippen LogP contribution in [0.25, 0.3) is 0 Å². The van der Waals surface area contributed by atoms with Crippen molar-refractivity contribution in [3.63, 3.8) is 0 Å². The Morgan fingerprint density at radius 3 is 2.47 bits per heavy atom. The topological polar surface area (TPSA) is 32.8 Å². The molecule has 2 fully saturated rings. The van der Waals surface area contributed by atoms with Crippen LogP contribution in [0.4, 0.5) is 0 Å². The normalized spacial score (nSPS) is 30.1. The maximum Gasteiger partial charge on any atom is 0.222 e. The van der Waals surface area contributed by atoms with Gasteiger partial charge >= 0.3 is 0 Å². The lowest BCUT2D eigenvalue weighted by molar-refractivity contribution is -0.136. The molecule has 2 aliphatic rings. The first-order valence-corrected chi connectivity index (χ1v) is 6.77. The molecule has 0 N–H and O–H groups in total. The summed E-state index contributed by atoms with van der Waals surface area (Å²) in [6, 6.07) is 0. The van der Waals surface area contributed by atoms with Crippen molar-refractivity contribution < 1.29 is 9.53 Å². The van der Waals surface area contributed by atoms with Gasteiger partial charge in [0, 0.05) is 39.2 Å². The molecule has 0 aromatic heterocycles. The summed E-state index contributed by atoms with van der Waals surface area (Å²) in [6.07, 6.45) is 3.30. The smallest absolute Gasteiger partial charge is 0.222 e. The Hall–Kier alpha value is -0.610. The summed E-state index contributed by atoms with van der Waals surface area (Å²) < 4.78 is 5.52. The number of piperazine rings is 1. The van der Waals surface area contributed by atoms with Gasteiger partial charge in [-0.15, -0.1) is 0 Å². The van der Waals surface area contributed by atoms with Crippen molar-refractivity contribution in [1.82, 2.24) is 9.80 Å². The van der Waals surface area contributed by atoms with Crippen LogP contribution in [0, 0.1) is 5.92 Å². The number of ether oxygens (including phenoxy) is 1. The summed E-state index contributed by atoms with van der Waals surface area (Å²) in [4.78, 5) is 16.3. The monoisotopic (exact) mass is 240 g/mol. The van der Waals surface area contributed by atoms with Gasteiger partial charge in [0.2, 0.25) is 5.91 Å². The molecule has 1 aliphatic heterocycles. The first-order chi connectivity index (χ1) is 8.19. The zero-order valence-corrected chi connectivity index (χ0v) is 11.0. The van der Waals surface area contributed by atoms with Gasteiger partial charge in [0.1, 0.15) is 0 Å². The summed E-state index contributed by atoms with van der Waals surface area (Å²) in [5, 5.41) is 0. The SMILES string of the molecule is CCOC1CC(CC(=O)N2CCN(C)CC2)C1. The molecule has 1 saturated carbocycles. The van der Waals surface area contributed by atoms with Crippen LogP contribution in [-0.4, -0.2) is 61.6 Å². The molecule has 2 rings (SSSR count). The molecule has 1 saturated heterocycles. The van der Waals surface area contributed by atoms with Crippen LogP contribution in [0.3, 0.4) is 0 Å². The average Bonchev–Trinajstić information content (AvgIpc) is 2.27. The van der Waals surface area contributed by atoms with E-state index in [-0.39, 0.29) is 0 Å². The van der Waals surface area contributed by atoms with E-state index in [0.29, 0.717) is 17.9 Å². The molecule has 0 atom stereocenters. The Bertz CT molecular complexity index is 256. The van der Waals surface area contributed by atoms with Crippen molar-refractivity contribution in [2.24, 2.45) is 5.92 Å². The van der Waals surface area contributed by atoms with Crippen LogP contribution < -0.4 is 0 Å². The van der Waals surface area contributed by atoms with Gasteiger partial charge < -0.3 is 14.5 Å². The molecule has 4 heteroatoms. The highest BCUT2D eigenvalue weighted by molar-refractivity contribution is 5.76. The lowest BCUT2D eigenvalue weighted by Gasteiger charge is -2.37. The van der Waals surface area contributed by atoms with Gasteiger partial charge in [-0.2, -0.15) is 0 Å². The fourth-order valence-corrected chi connectivity index (χ4v) is 2.64. The standard InChI is InChI=1S/C13H24N2O2/c1-3-17-12-8-11(9-12)10-13(16)15-6-4-14(2)5-7-15/h11-12H,3-10H2,1-2H3. The van der Waals surface area contributed by atoms with E-state index in [4.69, 9.17) is 4.74 Å². The van der Waals surface area contributed by atoms with Crippen LogP contribution in [0.5, 0.6) is 0 Å². The maximum atomic E-state index is 12.0. The molecule has 0 aromatic rings. The highest BCUT2D eigenvalue weighted by Gasteiger charge is 2.32. The van der Waals surface area contributed by atoms with Crippen molar-refractivity contribution in [2.45, 2.75) is 32.3 Å². The lowest BCUT2D eigenvalue weighted by atomic mass is 9.79. The minimum Gasteiger partial charge on any atom is -0.378 e. The number of amides is 1. The maximum absolute atomic E-state index is 12.0. The molecule has 1 aliphatic carbocycles. The van der Waals surface area contributed by atoms with E-state index in [1.165, 1.54) is 0 Å². The molecule has 0 unspecified atom stereocenters. The Kier molecular flexibility index (Phi) is 4.40. The first-order valence-electron chi connectivity index (χ1n) is 6.77. The second kappa shape index (κ2) is 5.83. The predicted molar refractivity (Wildman–Crippen MR) is 66.8 cm³/mol. The molecule has 1 amide bonds. The number of hydrogen-bond acceptors (Lipinski definition) is 3.